The predicted molar refractivity (Wildman–Crippen MR) is 102 cm³/mol. The molecule has 2 aromatic carbocycles. The van der Waals surface area contributed by atoms with Crippen LogP contribution < -0.4 is 4.74 Å². The number of hydrogen-bond acceptors (Lipinski definition) is 4. The van der Waals surface area contributed by atoms with Crippen LogP contribution in [0.5, 0.6) is 5.75 Å². The lowest BCUT2D eigenvalue weighted by atomic mass is 10.0. The molecule has 2 heterocycles. The highest BCUT2D eigenvalue weighted by Gasteiger charge is 2.32. The molecule has 0 unspecified atom stereocenters. The molecule has 0 saturated carbocycles. The van der Waals surface area contributed by atoms with Crippen LogP contribution in [0.4, 0.5) is 4.39 Å². The van der Waals surface area contributed by atoms with Crippen LogP contribution in [0, 0.1) is 5.82 Å². The molecule has 1 atom stereocenters. The van der Waals surface area contributed by atoms with E-state index in [0.717, 1.165) is 29.7 Å². The third kappa shape index (κ3) is 3.74. The van der Waals surface area contributed by atoms with E-state index >= 15 is 0 Å². The molecule has 4 rings (SSSR count). The van der Waals surface area contributed by atoms with Crippen LogP contribution in [-0.4, -0.2) is 39.5 Å². The van der Waals surface area contributed by atoms with Crippen LogP contribution in [0.1, 0.15) is 40.5 Å². The lowest BCUT2D eigenvalue weighted by molar-refractivity contribution is 0.0729. The summed E-state index contributed by atoms with van der Waals surface area (Å²) in [7, 11) is 1.64. The Morgan fingerprint density at radius 2 is 2.07 bits per heavy atom. The summed E-state index contributed by atoms with van der Waals surface area (Å²) in [6, 6.07) is 14.0. The highest BCUT2D eigenvalue weighted by Crippen LogP contribution is 2.34. The van der Waals surface area contributed by atoms with Gasteiger partial charge in [-0.05, 0) is 48.2 Å². The number of methoxy groups -OCH3 is 1. The molecular formula is C21H21FN4O2. The first-order valence-electron chi connectivity index (χ1n) is 9.23. The molecular weight excluding hydrogens is 359 g/mol. The molecule has 0 spiro atoms. The van der Waals surface area contributed by atoms with Crippen molar-refractivity contribution in [2.45, 2.75) is 25.4 Å². The number of carbonyl (C=O) groups is 1. The Morgan fingerprint density at radius 1 is 1.25 bits per heavy atom. The van der Waals surface area contributed by atoms with Gasteiger partial charge in [0.05, 0.1) is 25.9 Å². The Hall–Kier alpha value is -3.22. The van der Waals surface area contributed by atoms with Crippen molar-refractivity contribution in [1.82, 2.24) is 19.9 Å². The molecule has 0 bridgehead atoms. The molecule has 28 heavy (non-hydrogen) atoms. The van der Waals surface area contributed by atoms with E-state index in [2.05, 4.69) is 10.3 Å². The van der Waals surface area contributed by atoms with Gasteiger partial charge in [0.15, 0.2) is 5.69 Å². The fourth-order valence-electron chi connectivity index (χ4n) is 3.60. The Labute approximate surface area is 162 Å². The highest BCUT2D eigenvalue weighted by atomic mass is 19.1. The second kappa shape index (κ2) is 7.80. The minimum absolute atomic E-state index is 0.00449. The van der Waals surface area contributed by atoms with Gasteiger partial charge in [0.1, 0.15) is 11.6 Å². The van der Waals surface area contributed by atoms with E-state index in [-0.39, 0.29) is 17.8 Å². The summed E-state index contributed by atoms with van der Waals surface area (Å²) in [4.78, 5) is 14.9. The normalized spacial score (nSPS) is 16.4. The molecule has 0 aliphatic carbocycles. The van der Waals surface area contributed by atoms with Crippen LogP contribution in [0.15, 0.2) is 54.7 Å². The molecule has 1 aliphatic rings. The first-order valence-corrected chi connectivity index (χ1v) is 9.23. The molecule has 144 valence electrons. The van der Waals surface area contributed by atoms with E-state index in [9.17, 15) is 9.18 Å². The molecule has 1 fully saturated rings. The maximum absolute atomic E-state index is 13.0. The first kappa shape index (κ1) is 18.2. The SMILES string of the molecule is COc1cccc([C@@H]2CCCN2C(=O)c2cn(Cc3ccc(F)cc3)nn2)c1. The molecule has 3 aromatic rings. The Balaban J connectivity index is 1.50. The lowest BCUT2D eigenvalue weighted by Gasteiger charge is -2.24. The minimum atomic E-state index is -0.282. The first-order chi connectivity index (χ1) is 13.6. The number of benzene rings is 2. The average molecular weight is 380 g/mol. The fraction of sp³-hybridized carbons (Fsp3) is 0.286. The van der Waals surface area contributed by atoms with E-state index in [0.29, 0.717) is 18.8 Å². The fourth-order valence-corrected chi connectivity index (χ4v) is 3.60. The van der Waals surface area contributed by atoms with Crippen molar-refractivity contribution in [3.8, 4) is 5.75 Å². The third-order valence-electron chi connectivity index (χ3n) is 5.01. The number of carbonyl (C=O) groups excluding carboxylic acids is 1. The number of likely N-dealkylation sites (tertiary alicyclic amines) is 1. The van der Waals surface area contributed by atoms with E-state index in [1.54, 1.807) is 30.1 Å². The smallest absolute Gasteiger partial charge is 0.276 e. The summed E-state index contributed by atoms with van der Waals surface area (Å²) < 4.78 is 19.9. The molecule has 1 aromatic heterocycles. The monoisotopic (exact) mass is 380 g/mol. The van der Waals surface area contributed by atoms with E-state index < -0.39 is 0 Å². The van der Waals surface area contributed by atoms with Crippen LogP contribution in [0.2, 0.25) is 0 Å². The largest absolute Gasteiger partial charge is 0.497 e. The molecule has 7 heteroatoms. The second-order valence-corrected chi connectivity index (χ2v) is 6.86. The Kier molecular flexibility index (Phi) is 5.06. The van der Waals surface area contributed by atoms with Crippen LogP contribution in [-0.2, 0) is 6.54 Å². The lowest BCUT2D eigenvalue weighted by Crippen LogP contribution is -2.30. The second-order valence-electron chi connectivity index (χ2n) is 6.86. The van der Waals surface area contributed by atoms with Crippen molar-refractivity contribution in [3.63, 3.8) is 0 Å². The van der Waals surface area contributed by atoms with Gasteiger partial charge in [-0.3, -0.25) is 4.79 Å². The quantitative estimate of drug-likeness (QED) is 0.680. The van der Waals surface area contributed by atoms with E-state index in [4.69, 9.17) is 4.74 Å². The Morgan fingerprint density at radius 3 is 2.86 bits per heavy atom. The number of amides is 1. The number of nitrogens with zero attached hydrogens (tertiary/aromatic N) is 4. The highest BCUT2D eigenvalue weighted by molar-refractivity contribution is 5.92. The van der Waals surface area contributed by atoms with E-state index in [1.165, 1.54) is 12.1 Å². The zero-order valence-electron chi connectivity index (χ0n) is 15.6. The minimum Gasteiger partial charge on any atom is -0.497 e. The van der Waals surface area contributed by atoms with Gasteiger partial charge in [0.2, 0.25) is 0 Å². The van der Waals surface area contributed by atoms with Crippen molar-refractivity contribution in [2.24, 2.45) is 0 Å². The molecule has 1 amide bonds. The van der Waals surface area contributed by atoms with Gasteiger partial charge in [-0.15, -0.1) is 5.10 Å². The van der Waals surface area contributed by atoms with E-state index in [1.807, 2.05) is 29.2 Å². The van der Waals surface area contributed by atoms with Gasteiger partial charge in [-0.1, -0.05) is 29.5 Å². The van der Waals surface area contributed by atoms with Gasteiger partial charge < -0.3 is 9.64 Å². The van der Waals surface area contributed by atoms with Crippen molar-refractivity contribution >= 4 is 5.91 Å². The summed E-state index contributed by atoms with van der Waals surface area (Å²) in [5.74, 6) is 0.369. The van der Waals surface area contributed by atoms with Crippen molar-refractivity contribution in [3.05, 3.63) is 77.4 Å². The number of ether oxygens (including phenoxy) is 1. The maximum atomic E-state index is 13.0. The zero-order valence-corrected chi connectivity index (χ0v) is 15.6. The van der Waals surface area contributed by atoms with Crippen molar-refractivity contribution in [1.29, 1.82) is 0 Å². The molecule has 1 aliphatic heterocycles. The summed E-state index contributed by atoms with van der Waals surface area (Å²) in [5.41, 5.74) is 2.27. The summed E-state index contributed by atoms with van der Waals surface area (Å²) in [6.45, 7) is 1.12. The maximum Gasteiger partial charge on any atom is 0.276 e. The van der Waals surface area contributed by atoms with Crippen LogP contribution in [0.3, 0.4) is 0 Å². The summed E-state index contributed by atoms with van der Waals surface area (Å²) >= 11 is 0. The van der Waals surface area contributed by atoms with Gasteiger partial charge in [0, 0.05) is 6.54 Å². The van der Waals surface area contributed by atoms with Crippen LogP contribution in [0.25, 0.3) is 0 Å². The van der Waals surface area contributed by atoms with Gasteiger partial charge >= 0.3 is 0 Å². The molecule has 0 radical (unpaired) electrons. The molecule has 0 N–H and O–H groups in total. The van der Waals surface area contributed by atoms with Gasteiger partial charge in [-0.25, -0.2) is 9.07 Å². The average Bonchev–Trinajstić information content (AvgIpc) is 3.39. The topological polar surface area (TPSA) is 60.2 Å². The summed E-state index contributed by atoms with van der Waals surface area (Å²) in [6.07, 6.45) is 3.49. The third-order valence-corrected chi connectivity index (χ3v) is 5.01. The standard InChI is InChI=1S/C21H21FN4O2/c1-28-18-5-2-4-16(12-18)20-6-3-11-26(20)21(27)19-14-25(24-23-19)13-15-7-9-17(22)10-8-15/h2,4-5,7-10,12,14,20H,3,6,11,13H2,1H3/t20-/m0/s1. The molecule has 1 saturated heterocycles. The molecule has 6 nitrogen and oxygen atoms in total. The number of halogens is 1. The van der Waals surface area contributed by atoms with Crippen molar-refractivity contribution in [2.75, 3.05) is 13.7 Å². The number of aromatic nitrogens is 3. The zero-order chi connectivity index (χ0) is 19.5. The van der Waals surface area contributed by atoms with Gasteiger partial charge in [0.25, 0.3) is 5.91 Å². The van der Waals surface area contributed by atoms with Crippen LogP contribution >= 0.6 is 0 Å². The number of rotatable bonds is 5. The van der Waals surface area contributed by atoms with Crippen molar-refractivity contribution < 1.29 is 13.9 Å². The summed E-state index contributed by atoms with van der Waals surface area (Å²) in [5, 5.41) is 8.12. The van der Waals surface area contributed by atoms with Gasteiger partial charge in [-0.2, -0.15) is 0 Å². The predicted octanol–water partition coefficient (Wildman–Crippen LogP) is 3.45. The number of hydrogen-bond donors (Lipinski definition) is 0. The Bertz CT molecular complexity index is 971.